The van der Waals surface area contributed by atoms with E-state index in [0.29, 0.717) is 18.5 Å². The highest BCUT2D eigenvalue weighted by molar-refractivity contribution is 7.92. The van der Waals surface area contributed by atoms with E-state index in [9.17, 15) is 22.8 Å². The number of amides is 2. The molecule has 0 unspecified atom stereocenters. The molecule has 196 valence electrons. The highest BCUT2D eigenvalue weighted by Crippen LogP contribution is 2.21. The predicted octanol–water partition coefficient (Wildman–Crippen LogP) is 3.54. The predicted molar refractivity (Wildman–Crippen MR) is 142 cm³/mol. The van der Waals surface area contributed by atoms with Gasteiger partial charge in [0.1, 0.15) is 12.6 Å². The third-order valence-electron chi connectivity index (χ3n) is 5.76. The Morgan fingerprint density at radius 1 is 1.03 bits per heavy atom. The highest BCUT2D eigenvalue weighted by atomic mass is 32.2. The third kappa shape index (κ3) is 8.19. The fraction of sp³-hybridized carbons (Fsp3) is 0.444. The van der Waals surface area contributed by atoms with Crippen LogP contribution >= 0.6 is 0 Å². The van der Waals surface area contributed by atoms with Crippen LogP contribution in [0.5, 0.6) is 0 Å². The second kappa shape index (κ2) is 12.7. The number of nitrogens with zero attached hydrogens (tertiary/aromatic N) is 2. The molecule has 36 heavy (non-hydrogen) atoms. The Hall–Kier alpha value is -3.20. The van der Waals surface area contributed by atoms with Crippen molar-refractivity contribution in [2.75, 3.05) is 23.7 Å². The fourth-order valence-corrected chi connectivity index (χ4v) is 4.57. The number of hydrogen-bond acceptors (Lipinski definition) is 5. The summed E-state index contributed by atoms with van der Waals surface area (Å²) in [4.78, 5) is 40.0. The van der Waals surface area contributed by atoms with Crippen LogP contribution in [0.1, 0.15) is 55.6 Å². The van der Waals surface area contributed by atoms with Gasteiger partial charge in [0.15, 0.2) is 5.78 Å². The maximum absolute atomic E-state index is 13.7. The molecule has 1 atom stereocenters. The summed E-state index contributed by atoms with van der Waals surface area (Å²) in [5.74, 6) is -0.774. The quantitative estimate of drug-likeness (QED) is 0.436. The monoisotopic (exact) mass is 515 g/mol. The van der Waals surface area contributed by atoms with Crippen molar-refractivity contribution in [3.05, 3.63) is 65.2 Å². The highest BCUT2D eigenvalue weighted by Gasteiger charge is 2.31. The molecule has 0 aliphatic heterocycles. The molecule has 2 aromatic carbocycles. The molecule has 2 amide bonds. The van der Waals surface area contributed by atoms with Gasteiger partial charge in [0, 0.05) is 18.7 Å². The molecule has 0 aliphatic carbocycles. The first-order chi connectivity index (χ1) is 16.8. The molecule has 2 rings (SSSR count). The van der Waals surface area contributed by atoms with Gasteiger partial charge >= 0.3 is 0 Å². The van der Waals surface area contributed by atoms with Crippen LogP contribution < -0.4 is 9.62 Å². The minimum atomic E-state index is -3.87. The number of Topliss-reactive ketones (excluding diaryl/α,β-unsaturated/α-hetero) is 1. The van der Waals surface area contributed by atoms with Crippen molar-refractivity contribution >= 4 is 33.3 Å². The van der Waals surface area contributed by atoms with E-state index >= 15 is 0 Å². The molecule has 0 saturated heterocycles. The lowest BCUT2D eigenvalue weighted by Gasteiger charge is -2.33. The summed E-state index contributed by atoms with van der Waals surface area (Å²) in [5, 5.41) is 2.90. The van der Waals surface area contributed by atoms with Crippen molar-refractivity contribution in [1.29, 1.82) is 0 Å². The van der Waals surface area contributed by atoms with E-state index in [1.807, 2.05) is 52.0 Å². The first-order valence-electron chi connectivity index (χ1n) is 12.0. The number of carbonyl (C=O) groups excluding carboxylic acids is 3. The van der Waals surface area contributed by atoms with Crippen LogP contribution in [-0.4, -0.2) is 56.3 Å². The van der Waals surface area contributed by atoms with Gasteiger partial charge in [-0.05, 0) is 43.9 Å². The second-order valence-corrected chi connectivity index (χ2v) is 11.4. The number of ketones is 1. The topological polar surface area (TPSA) is 104 Å². The lowest BCUT2D eigenvalue weighted by Crippen LogP contribution is -2.52. The first kappa shape index (κ1) is 29.0. The van der Waals surface area contributed by atoms with Crippen molar-refractivity contribution in [3.8, 4) is 0 Å². The maximum atomic E-state index is 13.7. The number of nitrogens with one attached hydrogen (secondary N) is 1. The van der Waals surface area contributed by atoms with Crippen LogP contribution in [0.4, 0.5) is 5.69 Å². The molecular weight excluding hydrogens is 478 g/mol. The van der Waals surface area contributed by atoms with Crippen LogP contribution in [0, 0.1) is 12.8 Å². The number of hydrogen-bond donors (Lipinski definition) is 1. The molecule has 0 saturated carbocycles. The summed E-state index contributed by atoms with van der Waals surface area (Å²) >= 11 is 0. The van der Waals surface area contributed by atoms with Gasteiger partial charge in [-0.1, -0.05) is 62.7 Å². The van der Waals surface area contributed by atoms with Gasteiger partial charge < -0.3 is 10.2 Å². The average Bonchev–Trinajstić information content (AvgIpc) is 2.81. The number of anilines is 1. The zero-order chi connectivity index (χ0) is 27.0. The van der Waals surface area contributed by atoms with Gasteiger partial charge in [-0.2, -0.15) is 0 Å². The van der Waals surface area contributed by atoms with E-state index in [2.05, 4.69) is 5.32 Å². The molecule has 0 fully saturated rings. The number of rotatable bonds is 12. The summed E-state index contributed by atoms with van der Waals surface area (Å²) < 4.78 is 26.4. The fourth-order valence-electron chi connectivity index (χ4n) is 3.73. The van der Waals surface area contributed by atoms with E-state index in [1.54, 1.807) is 12.1 Å². The Balaban J connectivity index is 2.45. The van der Waals surface area contributed by atoms with E-state index in [-0.39, 0.29) is 29.8 Å². The van der Waals surface area contributed by atoms with Crippen molar-refractivity contribution in [2.45, 2.75) is 53.6 Å². The maximum Gasteiger partial charge on any atom is 0.244 e. The molecule has 0 aliphatic rings. The normalized spacial score (nSPS) is 12.2. The smallest absolute Gasteiger partial charge is 0.244 e. The summed E-state index contributed by atoms with van der Waals surface area (Å²) in [6.07, 6.45) is 1.37. The molecule has 9 heteroatoms. The Kier molecular flexibility index (Phi) is 10.2. The molecular formula is C27H37N3O5S. The molecule has 0 radical (unpaired) electrons. The SMILES string of the molecule is CC[C@@H](C(=O)NCC(C)C)N(Cc1ccc(C)cc1)C(=O)CN(c1cccc(C(C)=O)c1)S(C)(=O)=O. The van der Waals surface area contributed by atoms with Crippen molar-refractivity contribution in [3.63, 3.8) is 0 Å². The largest absolute Gasteiger partial charge is 0.354 e. The van der Waals surface area contributed by atoms with Crippen LogP contribution in [0.25, 0.3) is 0 Å². The van der Waals surface area contributed by atoms with E-state index in [4.69, 9.17) is 0 Å². The van der Waals surface area contributed by atoms with Crippen molar-refractivity contribution < 1.29 is 22.8 Å². The summed E-state index contributed by atoms with van der Waals surface area (Å²) in [7, 11) is -3.87. The van der Waals surface area contributed by atoms with Gasteiger partial charge in [-0.15, -0.1) is 0 Å². The second-order valence-electron chi connectivity index (χ2n) is 9.45. The van der Waals surface area contributed by atoms with Gasteiger partial charge in [-0.3, -0.25) is 18.7 Å². The Morgan fingerprint density at radius 2 is 1.67 bits per heavy atom. The van der Waals surface area contributed by atoms with E-state index < -0.39 is 28.5 Å². The van der Waals surface area contributed by atoms with Crippen LogP contribution in [0.2, 0.25) is 0 Å². The zero-order valence-electron chi connectivity index (χ0n) is 21.9. The van der Waals surface area contributed by atoms with Gasteiger partial charge in [0.05, 0.1) is 11.9 Å². The minimum Gasteiger partial charge on any atom is -0.354 e. The molecule has 0 spiro atoms. The Labute approximate surface area is 214 Å². The van der Waals surface area contributed by atoms with Crippen LogP contribution in [0.3, 0.4) is 0 Å². The van der Waals surface area contributed by atoms with Gasteiger partial charge in [0.2, 0.25) is 21.8 Å². The molecule has 2 aromatic rings. The van der Waals surface area contributed by atoms with Gasteiger partial charge in [0.25, 0.3) is 0 Å². The molecule has 8 nitrogen and oxygen atoms in total. The molecule has 0 bridgehead atoms. The standard InChI is InChI=1S/C27H37N3O5S/c1-7-25(27(33)28-16-19(2)3)29(17-22-13-11-20(4)12-14-22)26(32)18-30(36(6,34)35)24-10-8-9-23(15-24)21(5)31/h8-15,19,25H,7,16-18H2,1-6H3,(H,28,33)/t25-/m0/s1. The minimum absolute atomic E-state index is 0.151. The van der Waals surface area contributed by atoms with Gasteiger partial charge in [-0.25, -0.2) is 8.42 Å². The van der Waals surface area contributed by atoms with E-state index in [0.717, 1.165) is 21.7 Å². The lowest BCUT2D eigenvalue weighted by molar-refractivity contribution is -0.140. The number of aryl methyl sites for hydroxylation is 1. The lowest BCUT2D eigenvalue weighted by atomic mass is 10.1. The summed E-state index contributed by atoms with van der Waals surface area (Å²) in [5.41, 5.74) is 2.44. The average molecular weight is 516 g/mol. The van der Waals surface area contributed by atoms with Crippen molar-refractivity contribution in [2.24, 2.45) is 5.92 Å². The van der Waals surface area contributed by atoms with Crippen LogP contribution in [-0.2, 0) is 26.2 Å². The first-order valence-corrected chi connectivity index (χ1v) is 13.9. The summed E-state index contributed by atoms with van der Waals surface area (Å²) in [6.45, 7) is 9.25. The van der Waals surface area contributed by atoms with Crippen molar-refractivity contribution in [1.82, 2.24) is 10.2 Å². The summed E-state index contributed by atoms with van der Waals surface area (Å²) in [6, 6.07) is 13.0. The molecule has 0 aromatic heterocycles. The molecule has 1 N–H and O–H groups in total. The molecule has 0 heterocycles. The number of benzene rings is 2. The van der Waals surface area contributed by atoms with Crippen LogP contribution in [0.15, 0.2) is 48.5 Å². The Morgan fingerprint density at radius 3 is 2.19 bits per heavy atom. The Bertz CT molecular complexity index is 1180. The zero-order valence-corrected chi connectivity index (χ0v) is 22.8. The third-order valence-corrected chi connectivity index (χ3v) is 6.90. The number of carbonyl (C=O) groups is 3. The number of sulfonamides is 1. The van der Waals surface area contributed by atoms with E-state index in [1.165, 1.54) is 24.0 Å².